The number of carbonyl (C=O) groups is 1. The summed E-state index contributed by atoms with van der Waals surface area (Å²) in [6, 6.07) is 14.2. The van der Waals surface area contributed by atoms with Gasteiger partial charge in [0, 0.05) is 32.4 Å². The number of hydrogen-bond donors (Lipinski definition) is 0. The molecule has 1 aliphatic heterocycles. The molecule has 0 N–H and O–H groups in total. The summed E-state index contributed by atoms with van der Waals surface area (Å²) in [6.07, 6.45) is 3.70. The van der Waals surface area contributed by atoms with Gasteiger partial charge in [0.15, 0.2) is 0 Å². The third-order valence-electron chi connectivity index (χ3n) is 5.12. The molecule has 1 amide bonds. The van der Waals surface area contributed by atoms with Gasteiger partial charge < -0.3 is 4.90 Å². The molecule has 0 saturated carbocycles. The zero-order valence-corrected chi connectivity index (χ0v) is 18.8. The first-order chi connectivity index (χ1) is 14.9. The molecule has 1 aromatic heterocycles. The molecule has 4 rings (SSSR count). The molecule has 0 bridgehead atoms. The molecule has 7 nitrogen and oxygen atoms in total. The van der Waals surface area contributed by atoms with Gasteiger partial charge in [0.1, 0.15) is 4.90 Å². The normalized spacial score (nSPS) is 15.2. The second-order valence-electron chi connectivity index (χ2n) is 7.14. The van der Waals surface area contributed by atoms with E-state index >= 15 is 0 Å². The van der Waals surface area contributed by atoms with Gasteiger partial charge >= 0.3 is 0 Å². The van der Waals surface area contributed by atoms with Crippen molar-refractivity contribution in [3.05, 3.63) is 76.5 Å². The van der Waals surface area contributed by atoms with Crippen LogP contribution in [-0.4, -0.2) is 59.5 Å². The van der Waals surface area contributed by atoms with Gasteiger partial charge in [-0.25, -0.2) is 13.1 Å². The van der Waals surface area contributed by atoms with Crippen LogP contribution in [0.5, 0.6) is 0 Å². The van der Waals surface area contributed by atoms with E-state index in [0.717, 1.165) is 11.3 Å². The number of para-hydroxylation sites is 1. The van der Waals surface area contributed by atoms with Crippen LogP contribution in [0.25, 0.3) is 5.69 Å². The molecule has 3 aromatic rings. The largest absolute Gasteiger partial charge is 0.340 e. The van der Waals surface area contributed by atoms with E-state index in [4.69, 9.17) is 23.2 Å². The fraction of sp³-hybridized carbons (Fsp3) is 0.238. The summed E-state index contributed by atoms with van der Waals surface area (Å²) in [5, 5.41) is 4.48. The average molecular weight is 479 g/mol. The molecular formula is C21H20Cl2N4O3S. The highest BCUT2D eigenvalue weighted by Gasteiger charge is 2.33. The number of benzene rings is 2. The minimum atomic E-state index is -3.84. The van der Waals surface area contributed by atoms with Gasteiger partial charge in [-0.3, -0.25) is 4.79 Å². The topological polar surface area (TPSA) is 75.5 Å². The molecule has 0 atom stereocenters. The lowest BCUT2D eigenvalue weighted by Gasteiger charge is -2.34. The number of hydrogen-bond acceptors (Lipinski definition) is 4. The van der Waals surface area contributed by atoms with E-state index in [1.807, 2.05) is 36.5 Å². The summed E-state index contributed by atoms with van der Waals surface area (Å²) in [5.41, 5.74) is 1.71. The van der Waals surface area contributed by atoms with Gasteiger partial charge in [0.2, 0.25) is 15.9 Å². The first-order valence-electron chi connectivity index (χ1n) is 9.67. The Morgan fingerprint density at radius 2 is 1.58 bits per heavy atom. The number of halogens is 2. The number of aromatic nitrogens is 2. The van der Waals surface area contributed by atoms with Crippen LogP contribution in [0, 0.1) is 0 Å². The molecule has 1 fully saturated rings. The van der Waals surface area contributed by atoms with E-state index in [9.17, 15) is 13.2 Å². The minimum Gasteiger partial charge on any atom is -0.340 e. The van der Waals surface area contributed by atoms with E-state index in [1.165, 1.54) is 16.4 Å². The summed E-state index contributed by atoms with van der Waals surface area (Å²) in [5.74, 6) is -0.0690. The second-order valence-corrected chi connectivity index (χ2v) is 9.83. The lowest BCUT2D eigenvalue weighted by atomic mass is 10.2. The first kappa shape index (κ1) is 21.8. The summed E-state index contributed by atoms with van der Waals surface area (Å²) < 4.78 is 29.0. The maximum Gasteiger partial charge on any atom is 0.246 e. The van der Waals surface area contributed by atoms with Gasteiger partial charge in [0.25, 0.3) is 0 Å². The Balaban J connectivity index is 1.39. The highest BCUT2D eigenvalue weighted by Crippen LogP contribution is 2.31. The fourth-order valence-corrected chi connectivity index (χ4v) is 6.01. The first-order valence-corrected chi connectivity index (χ1v) is 11.9. The maximum atomic E-state index is 13.0. The van der Waals surface area contributed by atoms with Gasteiger partial charge in [-0.15, -0.1) is 0 Å². The van der Waals surface area contributed by atoms with E-state index in [2.05, 4.69) is 5.10 Å². The minimum absolute atomic E-state index is 0.0690. The number of sulfonamides is 1. The van der Waals surface area contributed by atoms with Crippen LogP contribution in [0.1, 0.15) is 5.56 Å². The van der Waals surface area contributed by atoms with E-state index in [-0.39, 0.29) is 40.4 Å². The summed E-state index contributed by atoms with van der Waals surface area (Å²) in [4.78, 5) is 14.3. The van der Waals surface area contributed by atoms with Crippen LogP contribution in [0.4, 0.5) is 0 Å². The third-order valence-corrected chi connectivity index (χ3v) is 7.98. The van der Waals surface area contributed by atoms with Crippen molar-refractivity contribution in [3.63, 3.8) is 0 Å². The summed E-state index contributed by atoms with van der Waals surface area (Å²) in [6.45, 7) is 0.956. The predicted molar refractivity (Wildman–Crippen MR) is 119 cm³/mol. The number of amides is 1. The number of piperazine rings is 1. The van der Waals surface area contributed by atoms with Crippen LogP contribution in [0.3, 0.4) is 0 Å². The van der Waals surface area contributed by atoms with E-state index in [1.54, 1.807) is 21.8 Å². The highest BCUT2D eigenvalue weighted by atomic mass is 35.5. The van der Waals surface area contributed by atoms with Crippen LogP contribution in [-0.2, 0) is 21.2 Å². The van der Waals surface area contributed by atoms with Crippen LogP contribution >= 0.6 is 23.2 Å². The third kappa shape index (κ3) is 4.62. The van der Waals surface area contributed by atoms with Crippen molar-refractivity contribution in [2.45, 2.75) is 11.3 Å². The average Bonchev–Trinajstić information content (AvgIpc) is 3.22. The van der Waals surface area contributed by atoms with Crippen molar-refractivity contribution < 1.29 is 13.2 Å². The van der Waals surface area contributed by atoms with Crippen molar-refractivity contribution in [1.29, 1.82) is 0 Å². The van der Waals surface area contributed by atoms with Gasteiger partial charge in [-0.1, -0.05) is 47.5 Å². The molecule has 0 aliphatic carbocycles. The van der Waals surface area contributed by atoms with Gasteiger partial charge in [0.05, 0.1) is 28.4 Å². The summed E-state index contributed by atoms with van der Waals surface area (Å²) in [7, 11) is -3.84. The Bertz CT molecular complexity index is 1170. The predicted octanol–water partition coefficient (Wildman–Crippen LogP) is 3.25. The molecular weight excluding hydrogens is 459 g/mol. The van der Waals surface area contributed by atoms with Gasteiger partial charge in [-0.2, -0.15) is 9.40 Å². The number of nitrogens with zero attached hydrogens (tertiary/aromatic N) is 4. The Labute approximate surface area is 190 Å². The number of rotatable bonds is 5. The summed E-state index contributed by atoms with van der Waals surface area (Å²) >= 11 is 12.2. The maximum absolute atomic E-state index is 13.0. The van der Waals surface area contributed by atoms with Crippen LogP contribution in [0.2, 0.25) is 10.0 Å². The monoisotopic (exact) mass is 478 g/mol. The molecule has 31 heavy (non-hydrogen) atoms. The zero-order valence-electron chi connectivity index (χ0n) is 16.5. The molecule has 1 saturated heterocycles. The van der Waals surface area contributed by atoms with Crippen LogP contribution < -0.4 is 0 Å². The SMILES string of the molecule is O=C(Cc1cnn(-c2ccccc2)c1)N1CCN(S(=O)(=O)c2c(Cl)cccc2Cl)CC1. The smallest absolute Gasteiger partial charge is 0.246 e. The lowest BCUT2D eigenvalue weighted by Crippen LogP contribution is -2.50. The lowest BCUT2D eigenvalue weighted by molar-refractivity contribution is -0.131. The Kier molecular flexibility index (Phi) is 6.34. The second kappa shape index (κ2) is 9.00. The van der Waals surface area contributed by atoms with Crippen molar-refractivity contribution in [2.24, 2.45) is 0 Å². The Morgan fingerprint density at radius 1 is 0.935 bits per heavy atom. The zero-order chi connectivity index (χ0) is 22.0. The van der Waals surface area contributed by atoms with Gasteiger partial charge in [-0.05, 0) is 29.8 Å². The molecule has 0 spiro atoms. The molecule has 2 heterocycles. The number of carbonyl (C=O) groups excluding carboxylic acids is 1. The van der Waals surface area contributed by atoms with Crippen LogP contribution in [0.15, 0.2) is 65.8 Å². The highest BCUT2D eigenvalue weighted by molar-refractivity contribution is 7.89. The fourth-order valence-electron chi connectivity index (χ4n) is 3.50. The molecule has 0 radical (unpaired) electrons. The van der Waals surface area contributed by atoms with E-state index in [0.29, 0.717) is 13.1 Å². The molecule has 162 valence electrons. The Morgan fingerprint density at radius 3 is 2.23 bits per heavy atom. The van der Waals surface area contributed by atoms with Crippen molar-refractivity contribution in [2.75, 3.05) is 26.2 Å². The molecule has 0 unspecified atom stereocenters. The molecule has 2 aromatic carbocycles. The molecule has 1 aliphatic rings. The Hall–Kier alpha value is -2.39. The standard InChI is InChI=1S/C21H20Cl2N4O3S/c22-18-7-4-8-19(23)21(18)31(29,30)26-11-9-25(10-12-26)20(28)13-16-14-24-27(15-16)17-5-2-1-3-6-17/h1-8,14-15H,9-13H2. The van der Waals surface area contributed by atoms with E-state index < -0.39 is 10.0 Å². The quantitative estimate of drug-likeness (QED) is 0.563. The van der Waals surface area contributed by atoms with Crippen molar-refractivity contribution >= 4 is 39.1 Å². The van der Waals surface area contributed by atoms with Crippen molar-refractivity contribution in [1.82, 2.24) is 19.0 Å². The van der Waals surface area contributed by atoms with Crippen molar-refractivity contribution in [3.8, 4) is 5.69 Å². The molecule has 10 heteroatoms.